The first-order valence-corrected chi connectivity index (χ1v) is 18.6. The van der Waals surface area contributed by atoms with Crippen LogP contribution < -0.4 is 19.6 Å². The van der Waals surface area contributed by atoms with E-state index in [1.165, 1.54) is 50.7 Å². The van der Waals surface area contributed by atoms with Gasteiger partial charge in [0.2, 0.25) is 0 Å². The van der Waals surface area contributed by atoms with E-state index in [1.54, 1.807) is 0 Å². The van der Waals surface area contributed by atoms with Crippen molar-refractivity contribution in [1.29, 1.82) is 0 Å². The summed E-state index contributed by atoms with van der Waals surface area (Å²) in [6.45, 7) is 5.05. The molecule has 6 nitrogen and oxygen atoms in total. The molecule has 1 aromatic heterocycles. The summed E-state index contributed by atoms with van der Waals surface area (Å²) in [6.07, 6.45) is 0.844. The highest BCUT2D eigenvalue weighted by Crippen LogP contribution is 2.80. The zero-order chi connectivity index (χ0) is 35.1. The molecule has 1 aliphatic carbocycles. The first-order chi connectivity index (χ1) is 26.1. The van der Waals surface area contributed by atoms with Crippen LogP contribution in [0, 0.1) is 5.41 Å². The van der Waals surface area contributed by atoms with Gasteiger partial charge in [-0.05, 0) is 77.4 Å². The Kier molecular flexibility index (Phi) is 5.59. The van der Waals surface area contributed by atoms with Gasteiger partial charge in [0.1, 0.15) is 12.3 Å². The third kappa shape index (κ3) is 3.53. The Bertz CT molecular complexity index is 2690. The van der Waals surface area contributed by atoms with Crippen molar-refractivity contribution in [3.05, 3.63) is 174 Å². The maximum Gasteiger partial charge on any atom is 0.179 e. The van der Waals surface area contributed by atoms with E-state index in [2.05, 4.69) is 185 Å². The molecule has 0 bridgehead atoms. The third-order valence-corrected chi connectivity index (χ3v) is 12.9. The van der Waals surface area contributed by atoms with Gasteiger partial charge in [0.05, 0.1) is 28.1 Å². The molecule has 6 heteroatoms. The number of rotatable bonds is 2. The average Bonchev–Trinajstić information content (AvgIpc) is 3.43. The molecule has 5 heterocycles. The van der Waals surface area contributed by atoms with Crippen molar-refractivity contribution >= 4 is 62.4 Å². The molecule has 0 amide bonds. The molecule has 1 saturated carbocycles. The van der Waals surface area contributed by atoms with Gasteiger partial charge in [0.25, 0.3) is 0 Å². The molecular weight excluding hydrogens is 649 g/mol. The van der Waals surface area contributed by atoms with E-state index >= 15 is 0 Å². The van der Waals surface area contributed by atoms with Crippen molar-refractivity contribution in [2.24, 2.45) is 5.41 Å². The minimum absolute atomic E-state index is 0.0335. The van der Waals surface area contributed by atoms with Crippen molar-refractivity contribution in [2.75, 3.05) is 19.6 Å². The third-order valence-electron chi connectivity index (χ3n) is 12.9. The highest BCUT2D eigenvalue weighted by Gasteiger charge is 2.78. The van der Waals surface area contributed by atoms with Gasteiger partial charge >= 0.3 is 0 Å². The Morgan fingerprint density at radius 3 is 1.68 bits per heavy atom. The lowest BCUT2D eigenvalue weighted by Gasteiger charge is -2.44. The van der Waals surface area contributed by atoms with E-state index < -0.39 is 0 Å². The molecule has 4 atom stereocenters. The monoisotopic (exact) mass is 684 g/mol. The van der Waals surface area contributed by atoms with Gasteiger partial charge in [-0.25, -0.2) is 9.97 Å². The number of nitrogens with zero attached hydrogens (tertiary/aromatic N) is 6. The van der Waals surface area contributed by atoms with Crippen LogP contribution in [-0.2, 0) is 5.41 Å². The van der Waals surface area contributed by atoms with E-state index in [9.17, 15) is 0 Å². The van der Waals surface area contributed by atoms with Gasteiger partial charge in [-0.15, -0.1) is 0 Å². The SMILES string of the molecule is CC12/C(=C3/CC4N(c5ccccc5)c5nc6ccccc6nc5N4c4ccccc43)C1(C)C1N(c3ccccc3)c3ccccc3N1c1ccccc12. The zero-order valence-corrected chi connectivity index (χ0v) is 29.6. The quantitative estimate of drug-likeness (QED) is 0.180. The van der Waals surface area contributed by atoms with Gasteiger partial charge in [-0.2, -0.15) is 0 Å². The molecule has 4 aliphatic heterocycles. The maximum atomic E-state index is 5.33. The summed E-state index contributed by atoms with van der Waals surface area (Å²) in [5.41, 5.74) is 14.4. The van der Waals surface area contributed by atoms with Crippen LogP contribution in [0.15, 0.2) is 163 Å². The second-order valence-electron chi connectivity index (χ2n) is 15.3. The summed E-state index contributed by atoms with van der Waals surface area (Å²) in [4.78, 5) is 20.8. The molecule has 12 rings (SSSR count). The highest BCUT2D eigenvalue weighted by atomic mass is 15.5. The Labute approximate surface area is 308 Å². The van der Waals surface area contributed by atoms with E-state index in [0.29, 0.717) is 0 Å². The average molecular weight is 685 g/mol. The Morgan fingerprint density at radius 1 is 0.491 bits per heavy atom. The number of anilines is 8. The van der Waals surface area contributed by atoms with Gasteiger partial charge in [0.15, 0.2) is 11.6 Å². The van der Waals surface area contributed by atoms with Gasteiger partial charge in [-0.3, -0.25) is 0 Å². The van der Waals surface area contributed by atoms with Crippen molar-refractivity contribution < 1.29 is 0 Å². The topological polar surface area (TPSA) is 38.7 Å². The first kappa shape index (κ1) is 29.2. The van der Waals surface area contributed by atoms with E-state index in [-0.39, 0.29) is 23.2 Å². The van der Waals surface area contributed by atoms with Crippen molar-refractivity contribution in [2.45, 2.75) is 38.0 Å². The molecule has 0 spiro atoms. The van der Waals surface area contributed by atoms with Gasteiger partial charge < -0.3 is 19.6 Å². The van der Waals surface area contributed by atoms with E-state index in [4.69, 9.17) is 9.97 Å². The molecule has 1 fully saturated rings. The molecular formula is C47H36N6. The lowest BCUT2D eigenvalue weighted by atomic mass is 9.81. The van der Waals surface area contributed by atoms with Gasteiger partial charge in [-0.1, -0.05) is 111 Å². The summed E-state index contributed by atoms with van der Waals surface area (Å²) in [6, 6.07) is 57.1. The predicted octanol–water partition coefficient (Wildman–Crippen LogP) is 11.0. The number of hydrogen-bond donors (Lipinski definition) is 0. The van der Waals surface area contributed by atoms with Crippen LogP contribution in [0.25, 0.3) is 16.6 Å². The predicted molar refractivity (Wildman–Crippen MR) is 215 cm³/mol. The van der Waals surface area contributed by atoms with Crippen LogP contribution >= 0.6 is 0 Å². The van der Waals surface area contributed by atoms with E-state index in [1.807, 2.05) is 6.07 Å². The molecule has 5 aliphatic rings. The number of hydrogen-bond acceptors (Lipinski definition) is 6. The smallest absolute Gasteiger partial charge is 0.179 e. The second-order valence-corrected chi connectivity index (χ2v) is 15.3. The molecule has 0 radical (unpaired) electrons. The molecule has 254 valence electrons. The number of benzene rings is 6. The van der Waals surface area contributed by atoms with Crippen molar-refractivity contribution in [3.63, 3.8) is 0 Å². The van der Waals surface area contributed by atoms with Crippen LogP contribution in [0.1, 0.15) is 31.4 Å². The van der Waals surface area contributed by atoms with E-state index in [0.717, 1.165) is 34.8 Å². The Hall–Kier alpha value is -6.40. The number of fused-ring (bicyclic) bond motifs is 14. The summed E-state index contributed by atoms with van der Waals surface area (Å²) in [5, 5.41) is 0. The Morgan fingerprint density at radius 2 is 1.00 bits per heavy atom. The summed E-state index contributed by atoms with van der Waals surface area (Å²) in [7, 11) is 0. The number of para-hydroxylation sites is 8. The lowest BCUT2D eigenvalue weighted by Crippen LogP contribution is -2.50. The minimum atomic E-state index is -0.213. The Balaban J connectivity index is 1.12. The van der Waals surface area contributed by atoms with Crippen LogP contribution in [0.5, 0.6) is 0 Å². The second kappa shape index (κ2) is 10.1. The van der Waals surface area contributed by atoms with Crippen LogP contribution in [0.2, 0.25) is 0 Å². The lowest BCUT2D eigenvalue weighted by molar-refractivity contribution is 0.377. The normalized spacial score (nSPS) is 25.6. The summed E-state index contributed by atoms with van der Waals surface area (Å²) >= 11 is 0. The van der Waals surface area contributed by atoms with Crippen LogP contribution in [0.4, 0.5) is 45.8 Å². The first-order valence-electron chi connectivity index (χ1n) is 18.6. The molecule has 53 heavy (non-hydrogen) atoms. The van der Waals surface area contributed by atoms with Crippen LogP contribution in [0.3, 0.4) is 0 Å². The zero-order valence-electron chi connectivity index (χ0n) is 29.6. The summed E-state index contributed by atoms with van der Waals surface area (Å²) in [5.74, 6) is 1.82. The minimum Gasteiger partial charge on any atom is -0.317 e. The van der Waals surface area contributed by atoms with Crippen LogP contribution in [-0.4, -0.2) is 22.3 Å². The van der Waals surface area contributed by atoms with Gasteiger partial charge in [0, 0.05) is 39.9 Å². The largest absolute Gasteiger partial charge is 0.317 e. The fourth-order valence-corrected chi connectivity index (χ4v) is 10.6. The highest BCUT2D eigenvalue weighted by molar-refractivity contribution is 6.00. The molecule has 0 saturated heterocycles. The molecule has 7 aromatic rings. The standard InChI is InChI=1S/C47H36N6/c1-46-34-22-10-14-26-38(34)52-40-28-16-15-27-39(40)50(30-17-5-3-6-18-30)45(52)47(46,2)42(46)33-29-41-51(31-19-7-4-8-20-31)43-44(49-36-24-12-11-23-35(36)48-43)53(41)37-25-13-9-21-32(33)37/h3-28,41,45H,29H2,1-2H3/b42-33+. The fraction of sp³-hybridized carbons (Fsp3) is 0.149. The fourth-order valence-electron chi connectivity index (χ4n) is 10.6. The summed E-state index contributed by atoms with van der Waals surface area (Å²) < 4.78 is 0. The molecule has 0 N–H and O–H groups in total. The maximum absolute atomic E-state index is 5.33. The van der Waals surface area contributed by atoms with Crippen molar-refractivity contribution in [1.82, 2.24) is 9.97 Å². The molecule has 6 aromatic carbocycles. The molecule has 4 unspecified atom stereocenters. The van der Waals surface area contributed by atoms with Crippen molar-refractivity contribution in [3.8, 4) is 0 Å². The number of aromatic nitrogens is 2.